The van der Waals surface area contributed by atoms with E-state index in [2.05, 4.69) is 17.5 Å². The van der Waals surface area contributed by atoms with Gasteiger partial charge in [0.2, 0.25) is 0 Å². The minimum absolute atomic E-state index is 0.0403. The van der Waals surface area contributed by atoms with E-state index in [9.17, 15) is 0 Å². The summed E-state index contributed by atoms with van der Waals surface area (Å²) in [6.45, 7) is 0. The minimum atomic E-state index is -0.345. The van der Waals surface area contributed by atoms with E-state index in [4.69, 9.17) is 22.7 Å². The predicted octanol–water partition coefficient (Wildman–Crippen LogP) is 2.23. The van der Waals surface area contributed by atoms with Crippen LogP contribution in [0.5, 0.6) is 0 Å². The summed E-state index contributed by atoms with van der Waals surface area (Å²) in [5, 5.41) is 20.7. The first kappa shape index (κ1) is 11.3. The molecule has 82 valence electrons. The lowest BCUT2D eigenvalue weighted by Crippen LogP contribution is -2.31. The molecule has 17 heavy (non-hydrogen) atoms. The van der Waals surface area contributed by atoms with Crippen molar-refractivity contribution in [3.63, 3.8) is 0 Å². The van der Waals surface area contributed by atoms with Crippen molar-refractivity contribution in [1.82, 2.24) is 5.32 Å². The Labute approximate surface area is 105 Å². The van der Waals surface area contributed by atoms with E-state index in [1.54, 1.807) is 18.3 Å². The Balaban J connectivity index is 2.35. The Morgan fingerprint density at radius 2 is 1.88 bits per heavy atom. The fraction of sp³-hybridized carbons (Fsp3) is 0.154. The van der Waals surface area contributed by atoms with Crippen molar-refractivity contribution in [2.45, 2.75) is 5.92 Å². The van der Waals surface area contributed by atoms with Gasteiger partial charge in [0.15, 0.2) is 0 Å². The molecule has 2 rings (SSSR count). The van der Waals surface area contributed by atoms with Gasteiger partial charge in [-0.1, -0.05) is 30.4 Å². The van der Waals surface area contributed by atoms with Crippen LogP contribution in [0.1, 0.15) is 17.0 Å². The molecule has 0 saturated heterocycles. The molecular weight excluding hydrogens is 230 g/mol. The molecule has 4 heteroatoms. The Morgan fingerprint density at radius 1 is 1.18 bits per heavy atom. The number of nitrogens with zero attached hydrogens (tertiary/aromatic N) is 2. The topological polar surface area (TPSA) is 59.6 Å². The molecule has 0 aromatic heterocycles. The Kier molecular flexibility index (Phi) is 3.18. The van der Waals surface area contributed by atoms with Gasteiger partial charge in [-0.05, 0) is 23.9 Å². The molecule has 1 aromatic carbocycles. The molecule has 0 fully saturated rings. The highest BCUT2D eigenvalue weighted by atomic mass is 32.1. The molecule has 0 saturated carbocycles. The van der Waals surface area contributed by atoms with E-state index in [1.165, 1.54) is 0 Å². The quantitative estimate of drug-likeness (QED) is 0.763. The number of allylic oxidation sites excluding steroid dienone is 1. The third-order valence-corrected chi connectivity index (χ3v) is 3.11. The number of hydrogen-bond donors (Lipinski definition) is 1. The second-order valence-corrected chi connectivity index (χ2v) is 4.17. The van der Waals surface area contributed by atoms with Crippen LogP contribution in [-0.2, 0) is 0 Å². The molecule has 2 atom stereocenters. The average molecular weight is 239 g/mol. The number of nitriles is 2. The zero-order valence-corrected chi connectivity index (χ0v) is 9.74. The van der Waals surface area contributed by atoms with Gasteiger partial charge in [0.05, 0.1) is 22.7 Å². The highest BCUT2D eigenvalue weighted by Crippen LogP contribution is 2.29. The van der Waals surface area contributed by atoms with E-state index in [0.29, 0.717) is 10.6 Å². The van der Waals surface area contributed by atoms with E-state index in [1.807, 2.05) is 18.2 Å². The van der Waals surface area contributed by atoms with Crippen molar-refractivity contribution in [2.24, 2.45) is 5.92 Å². The molecule has 1 heterocycles. The summed E-state index contributed by atoms with van der Waals surface area (Å²) in [4.78, 5) is 0.546. The maximum atomic E-state index is 9.13. The summed E-state index contributed by atoms with van der Waals surface area (Å²) in [7, 11) is 0. The lowest BCUT2D eigenvalue weighted by atomic mass is 9.85. The van der Waals surface area contributed by atoms with Gasteiger partial charge in [-0.25, -0.2) is 0 Å². The molecule has 2 unspecified atom stereocenters. The largest absolute Gasteiger partial charge is 0.355 e. The van der Waals surface area contributed by atoms with Crippen molar-refractivity contribution in [1.29, 1.82) is 10.5 Å². The third kappa shape index (κ3) is 2.18. The molecule has 0 aliphatic carbocycles. The maximum Gasteiger partial charge on any atom is 0.107 e. The molecule has 1 aliphatic heterocycles. The van der Waals surface area contributed by atoms with Crippen LogP contribution in [0.4, 0.5) is 0 Å². The van der Waals surface area contributed by atoms with Gasteiger partial charge < -0.3 is 5.32 Å². The molecule has 1 N–H and O–H groups in total. The smallest absolute Gasteiger partial charge is 0.107 e. The SMILES string of the molecule is N#Cc1ccc(C2C=CNC(=S)C2C#N)cc1. The lowest BCUT2D eigenvalue weighted by Gasteiger charge is -2.24. The fourth-order valence-corrected chi connectivity index (χ4v) is 2.09. The van der Waals surface area contributed by atoms with E-state index < -0.39 is 0 Å². The molecule has 0 spiro atoms. The molecule has 1 aliphatic rings. The Hall–Kier alpha value is -2.17. The van der Waals surface area contributed by atoms with Crippen molar-refractivity contribution < 1.29 is 0 Å². The summed E-state index contributed by atoms with van der Waals surface area (Å²) in [5.41, 5.74) is 1.61. The average Bonchev–Trinajstić information content (AvgIpc) is 2.38. The predicted molar refractivity (Wildman–Crippen MR) is 67.9 cm³/mol. The van der Waals surface area contributed by atoms with Gasteiger partial charge in [-0.15, -0.1) is 0 Å². The standard InChI is InChI=1S/C13H9N3S/c14-7-9-1-3-10(4-2-9)11-5-6-16-13(17)12(11)8-15/h1-6,11-12H,(H,16,17). The van der Waals surface area contributed by atoms with E-state index in [0.717, 1.165) is 5.56 Å². The van der Waals surface area contributed by atoms with Crippen LogP contribution in [0, 0.1) is 28.6 Å². The van der Waals surface area contributed by atoms with E-state index >= 15 is 0 Å². The van der Waals surface area contributed by atoms with Crippen molar-refractivity contribution in [2.75, 3.05) is 0 Å². The van der Waals surface area contributed by atoms with Gasteiger partial charge in [0.1, 0.15) is 5.92 Å². The molecular formula is C13H9N3S. The summed E-state index contributed by atoms with van der Waals surface area (Å²) >= 11 is 5.11. The van der Waals surface area contributed by atoms with Crippen molar-refractivity contribution in [3.8, 4) is 12.1 Å². The normalized spacial score (nSPS) is 22.4. The van der Waals surface area contributed by atoms with Crippen LogP contribution in [0.25, 0.3) is 0 Å². The van der Waals surface area contributed by atoms with Gasteiger partial charge in [0.25, 0.3) is 0 Å². The first-order chi connectivity index (χ1) is 8.26. The van der Waals surface area contributed by atoms with Gasteiger partial charge >= 0.3 is 0 Å². The first-order valence-corrected chi connectivity index (χ1v) is 5.54. The maximum absolute atomic E-state index is 9.13. The summed E-state index contributed by atoms with van der Waals surface area (Å²) in [6.07, 6.45) is 3.68. The summed E-state index contributed by atoms with van der Waals surface area (Å²) < 4.78 is 0. The molecule has 0 amide bonds. The van der Waals surface area contributed by atoms with Crippen LogP contribution in [-0.4, -0.2) is 4.99 Å². The second kappa shape index (κ2) is 4.78. The third-order valence-electron chi connectivity index (χ3n) is 2.73. The van der Waals surface area contributed by atoms with Crippen LogP contribution in [0.2, 0.25) is 0 Å². The second-order valence-electron chi connectivity index (χ2n) is 3.73. The van der Waals surface area contributed by atoms with Crippen LogP contribution < -0.4 is 5.32 Å². The van der Waals surface area contributed by atoms with Crippen molar-refractivity contribution >= 4 is 17.2 Å². The zero-order chi connectivity index (χ0) is 12.3. The van der Waals surface area contributed by atoms with Crippen LogP contribution in [0.15, 0.2) is 36.5 Å². The zero-order valence-electron chi connectivity index (χ0n) is 8.92. The van der Waals surface area contributed by atoms with Gasteiger partial charge in [-0.3, -0.25) is 0 Å². The van der Waals surface area contributed by atoms with Gasteiger partial charge in [-0.2, -0.15) is 10.5 Å². The number of thiocarbonyl (C=S) groups is 1. The molecule has 3 nitrogen and oxygen atoms in total. The Bertz CT molecular complexity index is 546. The van der Waals surface area contributed by atoms with Crippen LogP contribution >= 0.6 is 12.2 Å². The number of nitrogens with one attached hydrogen (secondary N) is 1. The minimum Gasteiger partial charge on any atom is -0.355 e. The molecule has 1 aromatic rings. The lowest BCUT2D eigenvalue weighted by molar-refractivity contribution is 0.727. The Morgan fingerprint density at radius 3 is 2.47 bits per heavy atom. The number of rotatable bonds is 1. The number of hydrogen-bond acceptors (Lipinski definition) is 3. The summed E-state index contributed by atoms with van der Waals surface area (Å²) in [5.74, 6) is -0.385. The fourth-order valence-electron chi connectivity index (χ4n) is 1.82. The van der Waals surface area contributed by atoms with Crippen LogP contribution in [0.3, 0.4) is 0 Å². The first-order valence-electron chi connectivity index (χ1n) is 5.13. The van der Waals surface area contributed by atoms with Gasteiger partial charge in [0, 0.05) is 5.92 Å². The highest BCUT2D eigenvalue weighted by Gasteiger charge is 2.27. The number of benzene rings is 1. The monoisotopic (exact) mass is 239 g/mol. The molecule has 0 radical (unpaired) electrons. The highest BCUT2D eigenvalue weighted by molar-refractivity contribution is 7.80. The van der Waals surface area contributed by atoms with E-state index in [-0.39, 0.29) is 11.8 Å². The summed E-state index contributed by atoms with van der Waals surface area (Å²) in [6, 6.07) is 11.5. The van der Waals surface area contributed by atoms with Crippen molar-refractivity contribution in [3.05, 3.63) is 47.7 Å². The molecule has 0 bridgehead atoms.